The minimum atomic E-state index is -3.36. The van der Waals surface area contributed by atoms with E-state index in [4.69, 9.17) is 4.74 Å². The molecule has 1 heterocycles. The molecule has 0 aromatic carbocycles. The van der Waals surface area contributed by atoms with Crippen molar-refractivity contribution in [3.05, 3.63) is 0 Å². The number of nitrogens with zero attached hydrogens (tertiary/aromatic N) is 1. The van der Waals surface area contributed by atoms with Gasteiger partial charge in [0.2, 0.25) is 0 Å². The number of hydrogen-bond donors (Lipinski definition) is 2. The lowest BCUT2D eigenvalue weighted by Crippen LogP contribution is -2.49. The van der Waals surface area contributed by atoms with Crippen LogP contribution in [0, 0.1) is 11.3 Å². The van der Waals surface area contributed by atoms with Crippen LogP contribution in [0.3, 0.4) is 0 Å². The van der Waals surface area contributed by atoms with Gasteiger partial charge in [-0.2, -0.15) is 12.7 Å². The Morgan fingerprint density at radius 3 is 2.48 bits per heavy atom. The lowest BCUT2D eigenvalue weighted by atomic mass is 9.80. The third-order valence-corrected chi connectivity index (χ3v) is 5.85. The molecule has 2 N–H and O–H groups in total. The quantitative estimate of drug-likeness (QED) is 0.678. The minimum Gasteiger partial charge on any atom is -0.384 e. The highest BCUT2D eigenvalue weighted by molar-refractivity contribution is 7.87. The van der Waals surface area contributed by atoms with E-state index in [9.17, 15) is 8.42 Å². The number of piperidine rings is 1. The maximum absolute atomic E-state index is 12.2. The van der Waals surface area contributed by atoms with Gasteiger partial charge in [-0.05, 0) is 44.7 Å². The van der Waals surface area contributed by atoms with Crippen molar-refractivity contribution < 1.29 is 13.2 Å². The van der Waals surface area contributed by atoms with Crippen molar-refractivity contribution in [2.24, 2.45) is 11.3 Å². The molecular weight excluding hydrogens is 314 g/mol. The number of nitrogens with one attached hydrogen (secondary N) is 2. The van der Waals surface area contributed by atoms with Gasteiger partial charge in [0.25, 0.3) is 10.2 Å². The van der Waals surface area contributed by atoms with Crippen molar-refractivity contribution in [3.8, 4) is 0 Å². The fourth-order valence-electron chi connectivity index (χ4n) is 2.75. The second-order valence-electron chi connectivity index (χ2n) is 6.23. The summed E-state index contributed by atoms with van der Waals surface area (Å²) in [6.45, 7) is 3.53. The third kappa shape index (κ3) is 5.65. The highest BCUT2D eigenvalue weighted by Crippen LogP contribution is 2.31. The number of halogens is 1. The summed E-state index contributed by atoms with van der Waals surface area (Å²) in [5, 5.41) is 3.31. The van der Waals surface area contributed by atoms with Crippen molar-refractivity contribution in [1.29, 1.82) is 0 Å². The molecule has 1 saturated heterocycles. The first-order chi connectivity index (χ1) is 9.47. The first kappa shape index (κ1) is 19.1. The average molecular weight is 342 g/mol. The van der Waals surface area contributed by atoms with Gasteiger partial charge in [0, 0.05) is 32.7 Å². The summed E-state index contributed by atoms with van der Waals surface area (Å²) in [6.07, 6.45) is 4.18. The summed E-state index contributed by atoms with van der Waals surface area (Å²) >= 11 is 0. The summed E-state index contributed by atoms with van der Waals surface area (Å²) in [6, 6.07) is 0. The Balaban J connectivity index is 0.00000220. The van der Waals surface area contributed by atoms with Gasteiger partial charge in [-0.1, -0.05) is 0 Å². The molecule has 0 aromatic heterocycles. The van der Waals surface area contributed by atoms with Crippen LogP contribution in [0.5, 0.6) is 0 Å². The summed E-state index contributed by atoms with van der Waals surface area (Å²) in [5.74, 6) is 0.559. The van der Waals surface area contributed by atoms with E-state index in [1.807, 2.05) is 0 Å². The summed E-state index contributed by atoms with van der Waals surface area (Å²) in [7, 11) is -0.0269. The van der Waals surface area contributed by atoms with E-state index >= 15 is 0 Å². The fourth-order valence-corrected chi connectivity index (χ4v) is 3.87. The predicted octanol–water partition coefficient (Wildman–Crippen LogP) is 0.601. The maximum atomic E-state index is 12.2. The van der Waals surface area contributed by atoms with E-state index in [1.165, 1.54) is 4.31 Å². The highest BCUT2D eigenvalue weighted by atomic mass is 35.5. The lowest BCUT2D eigenvalue weighted by Gasteiger charge is -2.37. The molecule has 1 aliphatic carbocycles. The van der Waals surface area contributed by atoms with Crippen molar-refractivity contribution in [3.63, 3.8) is 0 Å². The van der Waals surface area contributed by atoms with Gasteiger partial charge < -0.3 is 10.1 Å². The molecule has 0 unspecified atom stereocenters. The maximum Gasteiger partial charge on any atom is 0.279 e. The van der Waals surface area contributed by atoms with Crippen LogP contribution in [-0.2, 0) is 14.9 Å². The van der Waals surface area contributed by atoms with Crippen LogP contribution in [-0.4, -0.2) is 59.7 Å². The zero-order valence-corrected chi connectivity index (χ0v) is 14.6. The second kappa shape index (κ2) is 8.08. The lowest BCUT2D eigenvalue weighted by molar-refractivity contribution is 0.0574. The number of hydrogen-bond acceptors (Lipinski definition) is 4. The summed E-state index contributed by atoms with van der Waals surface area (Å²) in [4.78, 5) is 0. The molecule has 2 aliphatic rings. The molecule has 1 saturated carbocycles. The van der Waals surface area contributed by atoms with Gasteiger partial charge in [-0.25, -0.2) is 4.72 Å². The van der Waals surface area contributed by atoms with Crippen LogP contribution < -0.4 is 10.0 Å². The molecule has 0 spiro atoms. The number of rotatable bonds is 8. The molecule has 6 nitrogen and oxygen atoms in total. The van der Waals surface area contributed by atoms with Crippen molar-refractivity contribution >= 4 is 22.6 Å². The smallest absolute Gasteiger partial charge is 0.279 e. The van der Waals surface area contributed by atoms with Gasteiger partial charge >= 0.3 is 0 Å². The van der Waals surface area contributed by atoms with Crippen molar-refractivity contribution in [2.75, 3.05) is 46.9 Å². The van der Waals surface area contributed by atoms with Crippen LogP contribution in [0.15, 0.2) is 0 Å². The van der Waals surface area contributed by atoms with Crippen molar-refractivity contribution in [2.45, 2.75) is 25.7 Å². The van der Waals surface area contributed by atoms with E-state index in [0.717, 1.165) is 38.8 Å². The molecule has 0 aromatic rings. The fraction of sp³-hybridized carbons (Fsp3) is 1.00. The number of methoxy groups -OCH3 is 1. The molecule has 2 fully saturated rings. The van der Waals surface area contributed by atoms with Gasteiger partial charge in [-0.3, -0.25) is 0 Å². The van der Waals surface area contributed by atoms with E-state index < -0.39 is 10.2 Å². The Kier molecular flexibility index (Phi) is 7.36. The van der Waals surface area contributed by atoms with E-state index in [-0.39, 0.29) is 17.8 Å². The third-order valence-electron chi connectivity index (χ3n) is 4.37. The van der Waals surface area contributed by atoms with Gasteiger partial charge in [0.15, 0.2) is 0 Å². The SMILES string of the molecule is COCC1(CNS(=O)(=O)N(C)CC2CC2)CCNCC1.Cl. The molecular formula is C13H28ClN3O3S. The monoisotopic (exact) mass is 341 g/mol. The largest absolute Gasteiger partial charge is 0.384 e. The van der Waals surface area contributed by atoms with Crippen LogP contribution in [0.25, 0.3) is 0 Å². The van der Waals surface area contributed by atoms with Gasteiger partial charge in [0.1, 0.15) is 0 Å². The molecule has 0 atom stereocenters. The Hall–Kier alpha value is 0.0800. The zero-order valence-electron chi connectivity index (χ0n) is 12.9. The van der Waals surface area contributed by atoms with Crippen LogP contribution in [0.4, 0.5) is 0 Å². The molecule has 21 heavy (non-hydrogen) atoms. The summed E-state index contributed by atoms with van der Waals surface area (Å²) in [5.41, 5.74) is -0.0759. The molecule has 1 aliphatic heterocycles. The first-order valence-corrected chi connectivity index (χ1v) is 8.82. The van der Waals surface area contributed by atoms with Gasteiger partial charge in [0.05, 0.1) is 6.61 Å². The average Bonchev–Trinajstić information content (AvgIpc) is 3.22. The van der Waals surface area contributed by atoms with E-state index in [0.29, 0.717) is 25.6 Å². The topological polar surface area (TPSA) is 70.7 Å². The molecule has 126 valence electrons. The minimum absolute atomic E-state index is 0. The van der Waals surface area contributed by atoms with Crippen molar-refractivity contribution in [1.82, 2.24) is 14.3 Å². The summed E-state index contributed by atoms with van der Waals surface area (Å²) < 4.78 is 34.0. The normalized spacial score (nSPS) is 22.0. The second-order valence-corrected chi connectivity index (χ2v) is 8.10. The zero-order chi connectivity index (χ0) is 14.6. The Morgan fingerprint density at radius 1 is 1.33 bits per heavy atom. The van der Waals surface area contributed by atoms with Gasteiger partial charge in [-0.15, -0.1) is 12.4 Å². The Bertz CT molecular complexity index is 403. The van der Waals surface area contributed by atoms with Crippen LogP contribution in [0.2, 0.25) is 0 Å². The molecule has 0 radical (unpaired) electrons. The van der Waals surface area contributed by atoms with Crippen LogP contribution in [0.1, 0.15) is 25.7 Å². The van der Waals surface area contributed by atoms with E-state index in [2.05, 4.69) is 10.0 Å². The molecule has 0 amide bonds. The molecule has 8 heteroatoms. The molecule has 0 bridgehead atoms. The van der Waals surface area contributed by atoms with Crippen LogP contribution >= 0.6 is 12.4 Å². The standard InChI is InChI=1S/C13H27N3O3S.ClH/c1-16(9-12-3-4-12)20(17,18)15-10-13(11-19-2)5-7-14-8-6-13;/h12,14-15H,3-11H2,1-2H3;1H. The van der Waals surface area contributed by atoms with E-state index in [1.54, 1.807) is 14.2 Å². The highest BCUT2D eigenvalue weighted by Gasteiger charge is 2.35. The molecule has 2 rings (SSSR count). The predicted molar refractivity (Wildman–Crippen MR) is 85.9 cm³/mol. The Labute approximate surface area is 134 Å². The first-order valence-electron chi connectivity index (χ1n) is 7.38. The Morgan fingerprint density at radius 2 is 1.95 bits per heavy atom. The number of ether oxygens (including phenoxy) is 1.